The summed E-state index contributed by atoms with van der Waals surface area (Å²) < 4.78 is 2.21. The van der Waals surface area contributed by atoms with Gasteiger partial charge in [-0.15, -0.1) is 22.9 Å². The van der Waals surface area contributed by atoms with E-state index < -0.39 is 0 Å². The summed E-state index contributed by atoms with van der Waals surface area (Å²) in [6.45, 7) is 2.16. The fourth-order valence-electron chi connectivity index (χ4n) is 1.74. The highest BCUT2D eigenvalue weighted by Gasteiger charge is 2.22. The molecule has 1 heterocycles. The Balaban J connectivity index is 2.26. The smallest absolute Gasteiger partial charge is 0.0757 e. The van der Waals surface area contributed by atoms with Gasteiger partial charge >= 0.3 is 0 Å². The van der Waals surface area contributed by atoms with E-state index >= 15 is 0 Å². The zero-order chi connectivity index (χ0) is 12.4. The van der Waals surface area contributed by atoms with Gasteiger partial charge < -0.3 is 0 Å². The maximum atomic E-state index is 6.57. The monoisotopic (exact) mass is 392 g/mol. The van der Waals surface area contributed by atoms with Crippen LogP contribution in [0.1, 0.15) is 29.3 Å². The Labute approximate surface area is 127 Å². The maximum absolute atomic E-state index is 6.57. The summed E-state index contributed by atoms with van der Waals surface area (Å²) in [6.07, 6.45) is 0. The van der Waals surface area contributed by atoms with E-state index in [1.165, 1.54) is 5.56 Å². The van der Waals surface area contributed by atoms with E-state index in [-0.39, 0.29) is 11.3 Å². The van der Waals surface area contributed by atoms with Gasteiger partial charge in [0.15, 0.2) is 0 Å². The van der Waals surface area contributed by atoms with Crippen LogP contribution >= 0.6 is 54.8 Å². The Morgan fingerprint density at radius 1 is 1.18 bits per heavy atom. The molecule has 0 aliphatic carbocycles. The molecule has 0 nitrogen and oxygen atoms in total. The molecule has 0 saturated heterocycles. The normalized spacial score (nSPS) is 14.6. The highest BCUT2D eigenvalue weighted by Crippen LogP contribution is 2.43. The van der Waals surface area contributed by atoms with Crippen molar-refractivity contribution in [3.63, 3.8) is 0 Å². The molecule has 0 aliphatic heterocycles. The SMILES string of the molecule is CC(c1ccccc1)C(Cl)c1cc(Br)sc1Br. The average molecular weight is 395 g/mol. The van der Waals surface area contributed by atoms with Crippen LogP contribution < -0.4 is 0 Å². The predicted octanol–water partition coefficient (Wildman–Crippen LogP) is 6.36. The third kappa shape index (κ3) is 3.14. The molecular weight excluding hydrogens is 383 g/mol. The molecule has 0 amide bonds. The van der Waals surface area contributed by atoms with Gasteiger partial charge in [0.25, 0.3) is 0 Å². The maximum Gasteiger partial charge on any atom is 0.0757 e. The minimum atomic E-state index is -0.0191. The number of benzene rings is 1. The second-order valence-corrected chi connectivity index (χ2v) is 8.10. The molecule has 2 unspecified atom stereocenters. The van der Waals surface area contributed by atoms with Crippen LogP contribution in [0, 0.1) is 0 Å². The molecule has 4 heteroatoms. The van der Waals surface area contributed by atoms with Gasteiger partial charge in [0.1, 0.15) is 0 Å². The lowest BCUT2D eigenvalue weighted by atomic mass is 9.94. The molecule has 0 bridgehead atoms. The summed E-state index contributed by atoms with van der Waals surface area (Å²) in [5.74, 6) is 0.288. The van der Waals surface area contributed by atoms with Gasteiger partial charge in [0.2, 0.25) is 0 Å². The van der Waals surface area contributed by atoms with Crippen LogP contribution in [0.25, 0.3) is 0 Å². The van der Waals surface area contributed by atoms with Crippen LogP contribution in [0.5, 0.6) is 0 Å². The zero-order valence-electron chi connectivity index (χ0n) is 9.16. The third-order valence-electron chi connectivity index (χ3n) is 2.74. The summed E-state index contributed by atoms with van der Waals surface area (Å²) in [7, 11) is 0. The molecule has 17 heavy (non-hydrogen) atoms. The van der Waals surface area contributed by atoms with E-state index in [1.54, 1.807) is 11.3 Å². The third-order valence-corrected chi connectivity index (χ3v) is 5.74. The van der Waals surface area contributed by atoms with E-state index in [9.17, 15) is 0 Å². The first-order chi connectivity index (χ1) is 8.09. The van der Waals surface area contributed by atoms with Crippen LogP contribution in [0.4, 0.5) is 0 Å². The Hall–Kier alpha value is 0.170. The van der Waals surface area contributed by atoms with Crippen LogP contribution in [0.15, 0.2) is 44.0 Å². The lowest BCUT2D eigenvalue weighted by molar-refractivity contribution is 0.732. The summed E-state index contributed by atoms with van der Waals surface area (Å²) in [4.78, 5) is 0. The number of alkyl halides is 1. The molecule has 2 atom stereocenters. The van der Waals surface area contributed by atoms with Gasteiger partial charge in [-0.2, -0.15) is 0 Å². The summed E-state index contributed by atoms with van der Waals surface area (Å²) >= 11 is 15.3. The van der Waals surface area contributed by atoms with Crippen molar-refractivity contribution < 1.29 is 0 Å². The Kier molecular flexibility index (Phi) is 4.70. The fraction of sp³-hybridized carbons (Fsp3) is 0.231. The first-order valence-corrected chi connectivity index (χ1v) is 8.07. The quantitative estimate of drug-likeness (QED) is 0.532. The molecule has 2 rings (SSSR count). The number of hydrogen-bond acceptors (Lipinski definition) is 1. The Morgan fingerprint density at radius 3 is 2.35 bits per heavy atom. The lowest BCUT2D eigenvalue weighted by Gasteiger charge is -2.18. The lowest BCUT2D eigenvalue weighted by Crippen LogP contribution is -2.01. The van der Waals surface area contributed by atoms with Crippen molar-refractivity contribution in [2.24, 2.45) is 0 Å². The number of rotatable bonds is 3. The first kappa shape index (κ1) is 13.6. The molecule has 90 valence electrons. The minimum absolute atomic E-state index is 0.0191. The molecule has 0 spiro atoms. The van der Waals surface area contributed by atoms with Gasteiger partial charge in [-0.1, -0.05) is 37.3 Å². The fourth-order valence-corrected chi connectivity index (χ4v) is 5.18. The van der Waals surface area contributed by atoms with E-state index in [0.29, 0.717) is 0 Å². The van der Waals surface area contributed by atoms with Gasteiger partial charge in [0.05, 0.1) is 12.9 Å². The second kappa shape index (κ2) is 5.87. The topological polar surface area (TPSA) is 0 Å². The summed E-state index contributed by atoms with van der Waals surface area (Å²) in [5.41, 5.74) is 2.42. The average Bonchev–Trinajstić information content (AvgIpc) is 2.68. The molecule has 0 fully saturated rings. The van der Waals surface area contributed by atoms with Crippen LogP contribution in [0.2, 0.25) is 0 Å². The van der Waals surface area contributed by atoms with E-state index in [0.717, 1.165) is 13.1 Å². The molecule has 0 aliphatic rings. The summed E-state index contributed by atoms with van der Waals surface area (Å²) in [5, 5.41) is -0.0191. The predicted molar refractivity (Wildman–Crippen MR) is 83.2 cm³/mol. The van der Waals surface area contributed by atoms with Crippen LogP contribution in [-0.2, 0) is 0 Å². The van der Waals surface area contributed by atoms with Crippen LogP contribution in [-0.4, -0.2) is 0 Å². The number of hydrogen-bond donors (Lipinski definition) is 0. The van der Waals surface area contributed by atoms with Gasteiger partial charge in [-0.05, 0) is 49.1 Å². The second-order valence-electron chi connectivity index (χ2n) is 3.88. The standard InChI is InChI=1S/C13H11Br2ClS/c1-8(9-5-3-2-4-6-9)12(16)10-7-11(14)17-13(10)15/h2-8,12H,1H3. The molecule has 1 aromatic carbocycles. The zero-order valence-corrected chi connectivity index (χ0v) is 13.9. The van der Waals surface area contributed by atoms with E-state index in [1.807, 2.05) is 18.2 Å². The van der Waals surface area contributed by atoms with Gasteiger partial charge in [-0.3, -0.25) is 0 Å². The highest BCUT2D eigenvalue weighted by molar-refractivity contribution is 9.12. The molecular formula is C13H11Br2ClS. The van der Waals surface area contributed by atoms with E-state index in [4.69, 9.17) is 11.6 Å². The van der Waals surface area contributed by atoms with Crippen molar-refractivity contribution >= 4 is 54.8 Å². The minimum Gasteiger partial charge on any atom is -0.121 e. The van der Waals surface area contributed by atoms with Crippen molar-refractivity contribution in [3.05, 3.63) is 55.1 Å². The highest BCUT2D eigenvalue weighted by atomic mass is 79.9. The van der Waals surface area contributed by atoms with Crippen molar-refractivity contribution in [2.45, 2.75) is 18.2 Å². The summed E-state index contributed by atoms with van der Waals surface area (Å²) in [6, 6.07) is 12.5. The van der Waals surface area contributed by atoms with Crippen LogP contribution in [0.3, 0.4) is 0 Å². The van der Waals surface area contributed by atoms with Gasteiger partial charge in [-0.25, -0.2) is 0 Å². The largest absolute Gasteiger partial charge is 0.121 e. The van der Waals surface area contributed by atoms with E-state index in [2.05, 4.69) is 57.0 Å². The number of halogens is 3. The molecule has 1 aromatic heterocycles. The molecule has 0 N–H and O–H groups in total. The number of thiophene rings is 1. The Morgan fingerprint density at radius 2 is 1.82 bits per heavy atom. The molecule has 0 saturated carbocycles. The first-order valence-electron chi connectivity index (χ1n) is 5.23. The van der Waals surface area contributed by atoms with Gasteiger partial charge in [0, 0.05) is 5.92 Å². The Bertz CT molecular complexity index is 495. The van der Waals surface area contributed by atoms with Crippen molar-refractivity contribution in [1.82, 2.24) is 0 Å². The van der Waals surface area contributed by atoms with Crippen molar-refractivity contribution in [1.29, 1.82) is 0 Å². The van der Waals surface area contributed by atoms with Crippen molar-refractivity contribution in [3.8, 4) is 0 Å². The van der Waals surface area contributed by atoms with Crippen molar-refractivity contribution in [2.75, 3.05) is 0 Å². The molecule has 0 radical (unpaired) electrons. The molecule has 2 aromatic rings.